The summed E-state index contributed by atoms with van der Waals surface area (Å²) in [6.45, 7) is 5.64. The molecule has 6 rings (SSSR count). The van der Waals surface area contributed by atoms with E-state index in [0.29, 0.717) is 17.7 Å². The van der Waals surface area contributed by atoms with E-state index in [4.69, 9.17) is 4.74 Å². The number of aromatic nitrogens is 5. The van der Waals surface area contributed by atoms with Crippen LogP contribution in [0.2, 0.25) is 0 Å². The molecule has 4 aromatic rings. The Labute approximate surface area is 191 Å². The quantitative estimate of drug-likeness (QED) is 0.493. The number of rotatable bonds is 4. The molecule has 2 fully saturated rings. The molecule has 9 heteroatoms. The predicted molar refractivity (Wildman–Crippen MR) is 125 cm³/mol. The van der Waals surface area contributed by atoms with Crippen LogP contribution in [0, 0.1) is 12.7 Å². The Morgan fingerprint density at radius 1 is 1.12 bits per heavy atom. The highest BCUT2D eigenvalue weighted by Crippen LogP contribution is 2.34. The Morgan fingerprint density at radius 3 is 2.76 bits per heavy atom. The highest BCUT2D eigenvalue weighted by molar-refractivity contribution is 6.00. The van der Waals surface area contributed by atoms with E-state index in [-0.39, 0.29) is 5.82 Å². The highest BCUT2D eigenvalue weighted by Gasteiger charge is 2.27. The lowest BCUT2D eigenvalue weighted by Gasteiger charge is -2.39. The van der Waals surface area contributed by atoms with Crippen LogP contribution in [-0.4, -0.2) is 67.6 Å². The number of pyridine rings is 1. The molecular formula is C24H28FN7O. The van der Waals surface area contributed by atoms with Gasteiger partial charge in [-0.2, -0.15) is 0 Å². The Morgan fingerprint density at radius 2 is 1.94 bits per heavy atom. The summed E-state index contributed by atoms with van der Waals surface area (Å²) < 4.78 is 22.0. The van der Waals surface area contributed by atoms with Crippen LogP contribution in [0.4, 0.5) is 10.2 Å². The van der Waals surface area contributed by atoms with Gasteiger partial charge in [0.15, 0.2) is 11.5 Å². The maximum absolute atomic E-state index is 14.8. The first-order valence-electron chi connectivity index (χ1n) is 11.7. The number of halogens is 1. The topological polar surface area (TPSA) is 83.4 Å². The SMILES string of the molecule is Cc1cn2cc(-c3c[nH]c4ncnc(NC5CCC(N6CCOCC6)CC5)c34)cc(F)c2n1. The second-order valence-corrected chi connectivity index (χ2v) is 9.14. The van der Waals surface area contributed by atoms with Crippen molar-refractivity contribution in [3.8, 4) is 11.1 Å². The van der Waals surface area contributed by atoms with Crippen molar-refractivity contribution in [2.75, 3.05) is 31.6 Å². The van der Waals surface area contributed by atoms with Gasteiger partial charge in [-0.05, 0) is 38.7 Å². The molecule has 8 nitrogen and oxygen atoms in total. The molecule has 0 radical (unpaired) electrons. The largest absolute Gasteiger partial charge is 0.379 e. The van der Waals surface area contributed by atoms with Crippen molar-refractivity contribution in [2.45, 2.75) is 44.7 Å². The maximum atomic E-state index is 14.8. The van der Waals surface area contributed by atoms with E-state index in [1.807, 2.05) is 25.5 Å². The second kappa shape index (κ2) is 8.39. The van der Waals surface area contributed by atoms with Crippen LogP contribution in [0.5, 0.6) is 0 Å². The van der Waals surface area contributed by atoms with E-state index in [0.717, 1.165) is 72.8 Å². The number of H-pyrrole nitrogens is 1. The average molecular weight is 450 g/mol. The molecular weight excluding hydrogens is 421 g/mol. The Bertz CT molecular complexity index is 1280. The average Bonchev–Trinajstić information content (AvgIpc) is 3.44. The first kappa shape index (κ1) is 20.6. The minimum Gasteiger partial charge on any atom is -0.379 e. The molecule has 0 spiro atoms. The van der Waals surface area contributed by atoms with E-state index in [9.17, 15) is 4.39 Å². The summed E-state index contributed by atoms with van der Waals surface area (Å²) in [7, 11) is 0. The van der Waals surface area contributed by atoms with Crippen molar-refractivity contribution >= 4 is 22.5 Å². The summed E-state index contributed by atoms with van der Waals surface area (Å²) in [4.78, 5) is 19.1. The van der Waals surface area contributed by atoms with Crippen molar-refractivity contribution in [3.05, 3.63) is 42.5 Å². The van der Waals surface area contributed by atoms with Gasteiger partial charge in [0.1, 0.15) is 17.8 Å². The molecule has 1 saturated heterocycles. The molecule has 172 valence electrons. The fraction of sp³-hybridized carbons (Fsp3) is 0.458. The van der Waals surface area contributed by atoms with Gasteiger partial charge >= 0.3 is 0 Å². The van der Waals surface area contributed by atoms with Gasteiger partial charge in [-0.1, -0.05) is 0 Å². The molecule has 0 amide bonds. The maximum Gasteiger partial charge on any atom is 0.173 e. The number of aryl methyl sites for hydroxylation is 1. The highest BCUT2D eigenvalue weighted by atomic mass is 19.1. The second-order valence-electron chi connectivity index (χ2n) is 9.14. The molecule has 1 aliphatic carbocycles. The molecule has 5 heterocycles. The lowest BCUT2D eigenvalue weighted by atomic mass is 9.90. The number of imidazole rings is 1. The molecule has 1 aliphatic heterocycles. The first-order valence-corrected chi connectivity index (χ1v) is 11.7. The molecule has 0 bridgehead atoms. The predicted octanol–water partition coefficient (Wildman–Crippen LogP) is 3.78. The van der Waals surface area contributed by atoms with Gasteiger partial charge < -0.3 is 19.4 Å². The van der Waals surface area contributed by atoms with E-state index in [1.54, 1.807) is 10.7 Å². The van der Waals surface area contributed by atoms with E-state index in [2.05, 4.69) is 30.2 Å². The molecule has 4 aromatic heterocycles. The van der Waals surface area contributed by atoms with Gasteiger partial charge in [-0.15, -0.1) is 0 Å². The number of hydrogen-bond acceptors (Lipinski definition) is 6. The number of nitrogens with one attached hydrogen (secondary N) is 2. The third-order valence-corrected chi connectivity index (χ3v) is 7.01. The number of anilines is 1. The molecule has 0 atom stereocenters. The number of aromatic amines is 1. The summed E-state index contributed by atoms with van der Waals surface area (Å²) in [5.74, 6) is 0.455. The van der Waals surface area contributed by atoms with Gasteiger partial charge in [0.25, 0.3) is 0 Å². The van der Waals surface area contributed by atoms with E-state index in [1.165, 1.54) is 18.9 Å². The summed E-state index contributed by atoms with van der Waals surface area (Å²) in [5, 5.41) is 4.56. The minimum atomic E-state index is -0.345. The molecule has 2 N–H and O–H groups in total. The van der Waals surface area contributed by atoms with Crippen molar-refractivity contribution in [3.63, 3.8) is 0 Å². The zero-order valence-corrected chi connectivity index (χ0v) is 18.7. The smallest absolute Gasteiger partial charge is 0.173 e. The minimum absolute atomic E-state index is 0.336. The summed E-state index contributed by atoms with van der Waals surface area (Å²) >= 11 is 0. The van der Waals surface area contributed by atoms with Crippen LogP contribution in [0.15, 0.2) is 31.0 Å². The number of morpholine rings is 1. The van der Waals surface area contributed by atoms with Crippen LogP contribution >= 0.6 is 0 Å². The molecule has 1 saturated carbocycles. The van der Waals surface area contributed by atoms with Crippen LogP contribution < -0.4 is 5.32 Å². The fourth-order valence-corrected chi connectivity index (χ4v) is 5.35. The summed E-state index contributed by atoms with van der Waals surface area (Å²) in [6.07, 6.45) is 11.7. The molecule has 33 heavy (non-hydrogen) atoms. The van der Waals surface area contributed by atoms with Crippen molar-refractivity contribution in [1.82, 2.24) is 29.2 Å². The van der Waals surface area contributed by atoms with Gasteiger partial charge in [-0.3, -0.25) is 4.90 Å². The normalized spacial score (nSPS) is 22.2. The van der Waals surface area contributed by atoms with Crippen LogP contribution in [0.1, 0.15) is 31.4 Å². The lowest BCUT2D eigenvalue weighted by molar-refractivity contribution is 0.00791. The van der Waals surface area contributed by atoms with Crippen LogP contribution in [0.25, 0.3) is 27.8 Å². The van der Waals surface area contributed by atoms with E-state index >= 15 is 0 Å². The number of nitrogens with zero attached hydrogens (tertiary/aromatic N) is 5. The van der Waals surface area contributed by atoms with Crippen molar-refractivity contribution < 1.29 is 9.13 Å². The molecule has 2 aliphatic rings. The number of ether oxygens (including phenoxy) is 1. The van der Waals surface area contributed by atoms with Gasteiger partial charge in [-0.25, -0.2) is 19.3 Å². The Kier molecular flexibility index (Phi) is 5.22. The van der Waals surface area contributed by atoms with Crippen molar-refractivity contribution in [2.24, 2.45) is 0 Å². The summed E-state index contributed by atoms with van der Waals surface area (Å²) in [5.41, 5.74) is 3.50. The van der Waals surface area contributed by atoms with Gasteiger partial charge in [0.2, 0.25) is 0 Å². The molecule has 0 aromatic carbocycles. The number of hydrogen-bond donors (Lipinski definition) is 2. The molecule has 0 unspecified atom stereocenters. The summed E-state index contributed by atoms with van der Waals surface area (Å²) in [6, 6.07) is 2.54. The standard InChI is InChI=1S/C24H28FN7O/c1-15-12-32-13-16(10-20(25)24(32)29-15)19-11-26-22-21(19)23(28-14-27-22)30-17-2-4-18(5-3-17)31-6-8-33-9-7-31/h10-14,17-18H,2-9H2,1H3,(H2,26,27,28,30). The van der Waals surface area contributed by atoms with Gasteiger partial charge in [0, 0.05) is 54.9 Å². The van der Waals surface area contributed by atoms with Crippen LogP contribution in [-0.2, 0) is 4.74 Å². The Balaban J connectivity index is 1.27. The first-order chi connectivity index (χ1) is 16.2. The van der Waals surface area contributed by atoms with E-state index < -0.39 is 0 Å². The fourth-order valence-electron chi connectivity index (χ4n) is 5.35. The van der Waals surface area contributed by atoms with Crippen molar-refractivity contribution in [1.29, 1.82) is 0 Å². The zero-order valence-electron chi connectivity index (χ0n) is 18.7. The van der Waals surface area contributed by atoms with Crippen LogP contribution in [0.3, 0.4) is 0 Å². The lowest BCUT2D eigenvalue weighted by Crippen LogP contribution is -2.46. The third kappa shape index (κ3) is 3.85. The third-order valence-electron chi connectivity index (χ3n) is 7.01. The zero-order chi connectivity index (χ0) is 22.4. The van der Waals surface area contributed by atoms with Gasteiger partial charge in [0.05, 0.1) is 24.3 Å². The number of fused-ring (bicyclic) bond motifs is 2. The Hall–Kier alpha value is -3.04. The monoisotopic (exact) mass is 449 g/mol.